The Morgan fingerprint density at radius 3 is 2.35 bits per heavy atom. The van der Waals surface area contributed by atoms with Crippen molar-refractivity contribution in [2.45, 2.75) is 6.92 Å². The van der Waals surface area contributed by atoms with Gasteiger partial charge in [-0.2, -0.15) is 0 Å². The summed E-state index contributed by atoms with van der Waals surface area (Å²) in [6.45, 7) is 4.17. The number of hydrogen-bond donors (Lipinski definition) is 1. The first kappa shape index (κ1) is 17.9. The normalized spacial score (nSPS) is 14.2. The Kier molecular flexibility index (Phi) is 5.51. The number of nitrogens with zero attached hydrogens (tertiary/aromatic N) is 2. The fourth-order valence-electron chi connectivity index (χ4n) is 3.16. The number of nitrogens with one attached hydrogen (secondary N) is 1. The Bertz CT molecular complexity index is 787. The van der Waals surface area contributed by atoms with Gasteiger partial charge in [-0.3, -0.25) is 9.59 Å². The molecule has 1 fully saturated rings. The summed E-state index contributed by atoms with van der Waals surface area (Å²) in [6.07, 6.45) is 0. The molecule has 1 saturated heterocycles. The van der Waals surface area contributed by atoms with Crippen LogP contribution in [0.25, 0.3) is 0 Å². The third-order valence-electron chi connectivity index (χ3n) is 4.55. The zero-order chi connectivity index (χ0) is 18.5. The molecule has 0 bridgehead atoms. The number of anilines is 2. The van der Waals surface area contributed by atoms with Crippen molar-refractivity contribution in [1.29, 1.82) is 0 Å². The van der Waals surface area contributed by atoms with Crippen LogP contribution >= 0.6 is 0 Å². The van der Waals surface area contributed by atoms with Crippen molar-refractivity contribution in [3.63, 3.8) is 0 Å². The van der Waals surface area contributed by atoms with Gasteiger partial charge in [0.05, 0.1) is 12.1 Å². The summed E-state index contributed by atoms with van der Waals surface area (Å²) < 4.78 is 13.8. The standard InChI is InChI=1S/C20H22FN3O2/c1-15(25)20-17(21)8-5-9-18(20)22-14-19(26)24-12-10-23(11-13-24)16-6-3-2-4-7-16/h2-9,22H,10-14H2,1H3. The molecule has 26 heavy (non-hydrogen) atoms. The lowest BCUT2D eigenvalue weighted by Crippen LogP contribution is -2.50. The highest BCUT2D eigenvalue weighted by Crippen LogP contribution is 2.20. The molecule has 1 N–H and O–H groups in total. The van der Waals surface area contributed by atoms with E-state index >= 15 is 0 Å². The topological polar surface area (TPSA) is 52.7 Å². The molecule has 3 rings (SSSR count). The number of halogens is 1. The van der Waals surface area contributed by atoms with Crippen LogP contribution in [-0.4, -0.2) is 49.3 Å². The van der Waals surface area contributed by atoms with E-state index in [-0.39, 0.29) is 23.8 Å². The van der Waals surface area contributed by atoms with Crippen LogP contribution in [0.1, 0.15) is 17.3 Å². The number of benzene rings is 2. The molecule has 0 aliphatic carbocycles. The van der Waals surface area contributed by atoms with Gasteiger partial charge in [-0.05, 0) is 31.2 Å². The van der Waals surface area contributed by atoms with Crippen molar-refractivity contribution in [3.8, 4) is 0 Å². The van der Waals surface area contributed by atoms with E-state index in [9.17, 15) is 14.0 Å². The van der Waals surface area contributed by atoms with Crippen LogP contribution in [0, 0.1) is 5.82 Å². The summed E-state index contributed by atoms with van der Waals surface area (Å²) in [7, 11) is 0. The second-order valence-corrected chi connectivity index (χ2v) is 6.28. The molecule has 0 spiro atoms. The zero-order valence-corrected chi connectivity index (χ0v) is 14.7. The number of para-hydroxylation sites is 1. The molecule has 1 heterocycles. The van der Waals surface area contributed by atoms with Gasteiger partial charge < -0.3 is 15.1 Å². The third-order valence-corrected chi connectivity index (χ3v) is 4.55. The summed E-state index contributed by atoms with van der Waals surface area (Å²) in [6, 6.07) is 14.5. The van der Waals surface area contributed by atoms with Crippen LogP contribution in [-0.2, 0) is 4.79 Å². The predicted octanol–water partition coefficient (Wildman–Crippen LogP) is 2.79. The first-order valence-corrected chi connectivity index (χ1v) is 8.67. The van der Waals surface area contributed by atoms with Gasteiger partial charge >= 0.3 is 0 Å². The molecular weight excluding hydrogens is 333 g/mol. The lowest BCUT2D eigenvalue weighted by molar-refractivity contribution is -0.129. The number of Topliss-reactive ketones (excluding diaryl/α,β-unsaturated/α-hetero) is 1. The Morgan fingerprint density at radius 1 is 1.00 bits per heavy atom. The van der Waals surface area contributed by atoms with E-state index in [2.05, 4.69) is 22.3 Å². The minimum atomic E-state index is -0.577. The molecule has 1 aliphatic rings. The summed E-state index contributed by atoms with van der Waals surface area (Å²) in [5.41, 5.74) is 1.51. The van der Waals surface area contributed by atoms with Gasteiger partial charge in [-0.15, -0.1) is 0 Å². The highest BCUT2D eigenvalue weighted by atomic mass is 19.1. The van der Waals surface area contributed by atoms with E-state index < -0.39 is 5.82 Å². The Balaban J connectivity index is 1.56. The van der Waals surface area contributed by atoms with Crippen molar-refractivity contribution in [2.24, 2.45) is 0 Å². The molecule has 0 saturated carbocycles. The van der Waals surface area contributed by atoms with Crippen molar-refractivity contribution in [1.82, 2.24) is 4.90 Å². The van der Waals surface area contributed by atoms with Gasteiger partial charge in [0, 0.05) is 37.6 Å². The maximum absolute atomic E-state index is 13.8. The third kappa shape index (κ3) is 4.02. The van der Waals surface area contributed by atoms with Gasteiger partial charge in [-0.1, -0.05) is 24.3 Å². The molecule has 0 atom stereocenters. The average molecular weight is 355 g/mol. The SMILES string of the molecule is CC(=O)c1c(F)cccc1NCC(=O)N1CCN(c2ccccc2)CC1. The zero-order valence-electron chi connectivity index (χ0n) is 14.7. The highest BCUT2D eigenvalue weighted by Gasteiger charge is 2.21. The largest absolute Gasteiger partial charge is 0.375 e. The monoisotopic (exact) mass is 355 g/mol. The second kappa shape index (κ2) is 7.99. The van der Waals surface area contributed by atoms with Crippen molar-refractivity contribution >= 4 is 23.1 Å². The lowest BCUT2D eigenvalue weighted by Gasteiger charge is -2.36. The van der Waals surface area contributed by atoms with Gasteiger partial charge in [-0.25, -0.2) is 4.39 Å². The first-order valence-electron chi connectivity index (χ1n) is 8.67. The van der Waals surface area contributed by atoms with Gasteiger partial charge in [0.1, 0.15) is 5.82 Å². The Hall–Kier alpha value is -2.89. The van der Waals surface area contributed by atoms with Crippen molar-refractivity contribution < 1.29 is 14.0 Å². The number of hydrogen-bond acceptors (Lipinski definition) is 4. The van der Waals surface area contributed by atoms with Crippen LogP contribution in [0.15, 0.2) is 48.5 Å². The Labute approximate surface area is 152 Å². The molecule has 136 valence electrons. The summed E-state index contributed by atoms with van der Waals surface area (Å²) in [4.78, 5) is 28.1. The lowest BCUT2D eigenvalue weighted by atomic mass is 10.1. The van der Waals surface area contributed by atoms with E-state index in [0.29, 0.717) is 18.8 Å². The van der Waals surface area contributed by atoms with Crippen LogP contribution in [0.3, 0.4) is 0 Å². The maximum atomic E-state index is 13.8. The highest BCUT2D eigenvalue weighted by molar-refractivity contribution is 6.00. The fraction of sp³-hybridized carbons (Fsp3) is 0.300. The summed E-state index contributed by atoms with van der Waals surface area (Å²) in [5, 5.41) is 2.91. The van der Waals surface area contributed by atoms with Crippen molar-refractivity contribution in [2.75, 3.05) is 42.9 Å². The average Bonchev–Trinajstić information content (AvgIpc) is 2.66. The first-order chi connectivity index (χ1) is 12.6. The second-order valence-electron chi connectivity index (χ2n) is 6.28. The van der Waals surface area contributed by atoms with E-state index in [1.807, 2.05) is 18.2 Å². The molecule has 2 aromatic carbocycles. The fourth-order valence-corrected chi connectivity index (χ4v) is 3.16. The predicted molar refractivity (Wildman–Crippen MR) is 100 cm³/mol. The van der Waals surface area contributed by atoms with E-state index in [1.54, 1.807) is 11.0 Å². The molecule has 5 nitrogen and oxygen atoms in total. The summed E-state index contributed by atoms with van der Waals surface area (Å²) in [5.74, 6) is -1.00. The molecule has 1 amide bonds. The molecule has 0 unspecified atom stereocenters. The van der Waals surface area contributed by atoms with Crippen LogP contribution in [0.2, 0.25) is 0 Å². The van der Waals surface area contributed by atoms with Crippen LogP contribution in [0.5, 0.6) is 0 Å². The minimum absolute atomic E-state index is 0.00537. The maximum Gasteiger partial charge on any atom is 0.241 e. The quantitative estimate of drug-likeness (QED) is 0.838. The van der Waals surface area contributed by atoms with Gasteiger partial charge in [0.2, 0.25) is 5.91 Å². The van der Waals surface area contributed by atoms with Crippen LogP contribution < -0.4 is 10.2 Å². The number of piperazine rings is 1. The smallest absolute Gasteiger partial charge is 0.241 e. The molecular formula is C20H22FN3O2. The van der Waals surface area contributed by atoms with E-state index in [0.717, 1.165) is 18.8 Å². The van der Waals surface area contributed by atoms with E-state index in [1.165, 1.54) is 19.1 Å². The number of rotatable bonds is 5. The van der Waals surface area contributed by atoms with Gasteiger partial charge in [0.15, 0.2) is 5.78 Å². The molecule has 6 heteroatoms. The number of ketones is 1. The summed E-state index contributed by atoms with van der Waals surface area (Å²) >= 11 is 0. The Morgan fingerprint density at radius 2 is 1.69 bits per heavy atom. The van der Waals surface area contributed by atoms with Crippen LogP contribution in [0.4, 0.5) is 15.8 Å². The van der Waals surface area contributed by atoms with E-state index in [4.69, 9.17) is 0 Å². The molecule has 1 aliphatic heterocycles. The van der Waals surface area contributed by atoms with Crippen molar-refractivity contribution in [3.05, 3.63) is 59.9 Å². The number of carbonyl (C=O) groups excluding carboxylic acids is 2. The number of amides is 1. The molecule has 0 radical (unpaired) electrons. The molecule has 0 aromatic heterocycles. The number of carbonyl (C=O) groups is 2. The minimum Gasteiger partial charge on any atom is -0.375 e. The van der Waals surface area contributed by atoms with Gasteiger partial charge in [0.25, 0.3) is 0 Å². The molecule has 2 aromatic rings.